The summed E-state index contributed by atoms with van der Waals surface area (Å²) < 4.78 is 26.1. The number of carbonyl (C=O) groups excluding carboxylic acids is 2. The summed E-state index contributed by atoms with van der Waals surface area (Å²) in [6, 6.07) is 10.2. The van der Waals surface area contributed by atoms with Crippen LogP contribution in [0.1, 0.15) is 6.92 Å². The lowest BCUT2D eigenvalue weighted by Gasteiger charge is -2.22. The molecule has 0 bridgehead atoms. The molecule has 25 heavy (non-hydrogen) atoms. The van der Waals surface area contributed by atoms with E-state index in [1.807, 2.05) is 31.1 Å². The Morgan fingerprint density at radius 3 is 2.08 bits per heavy atom. The number of anilines is 3. The van der Waals surface area contributed by atoms with Crippen molar-refractivity contribution in [2.45, 2.75) is 6.92 Å². The summed E-state index contributed by atoms with van der Waals surface area (Å²) in [7, 11) is 3.79. The molecule has 0 atom stereocenters. The van der Waals surface area contributed by atoms with E-state index in [4.69, 9.17) is 0 Å². The van der Waals surface area contributed by atoms with E-state index in [0.717, 1.165) is 17.8 Å². The quantitative estimate of drug-likeness (QED) is 0.905. The second kappa shape index (κ2) is 7.74. The lowest BCUT2D eigenvalue weighted by molar-refractivity contribution is -0.120. The van der Waals surface area contributed by atoms with Crippen LogP contribution in [0.2, 0.25) is 0 Å². The molecule has 0 fully saturated rings. The molecule has 0 aliphatic carbocycles. The van der Waals surface area contributed by atoms with Gasteiger partial charge in [-0.25, -0.2) is 8.78 Å². The second-order valence-corrected chi connectivity index (χ2v) is 5.69. The van der Waals surface area contributed by atoms with Crippen molar-refractivity contribution in [3.05, 3.63) is 54.1 Å². The summed E-state index contributed by atoms with van der Waals surface area (Å²) >= 11 is 0. The molecule has 0 saturated carbocycles. The van der Waals surface area contributed by atoms with Gasteiger partial charge in [-0.1, -0.05) is 0 Å². The zero-order valence-electron chi connectivity index (χ0n) is 14.2. The lowest BCUT2D eigenvalue weighted by Crippen LogP contribution is -2.36. The minimum Gasteiger partial charge on any atom is -0.378 e. The average Bonchev–Trinajstić information content (AvgIpc) is 2.56. The highest BCUT2D eigenvalue weighted by molar-refractivity contribution is 6.01. The maximum absolute atomic E-state index is 13.2. The Balaban J connectivity index is 2.11. The van der Waals surface area contributed by atoms with Crippen molar-refractivity contribution in [1.82, 2.24) is 0 Å². The number of nitrogens with one attached hydrogen (secondary N) is 1. The van der Waals surface area contributed by atoms with Crippen LogP contribution in [0.25, 0.3) is 0 Å². The molecule has 0 heterocycles. The minimum atomic E-state index is -1.06. The molecule has 0 spiro atoms. The zero-order chi connectivity index (χ0) is 18.6. The summed E-state index contributed by atoms with van der Waals surface area (Å²) in [4.78, 5) is 27.2. The van der Waals surface area contributed by atoms with Crippen molar-refractivity contribution in [2.24, 2.45) is 0 Å². The summed E-state index contributed by atoms with van der Waals surface area (Å²) in [6.45, 7) is 1.11. The Kier molecular flexibility index (Phi) is 5.69. The molecule has 5 nitrogen and oxygen atoms in total. The van der Waals surface area contributed by atoms with Gasteiger partial charge in [0.05, 0.1) is 0 Å². The van der Waals surface area contributed by atoms with Crippen molar-refractivity contribution in [2.75, 3.05) is 35.8 Å². The second-order valence-electron chi connectivity index (χ2n) is 5.69. The van der Waals surface area contributed by atoms with Crippen LogP contribution >= 0.6 is 0 Å². The number of carbonyl (C=O) groups is 2. The van der Waals surface area contributed by atoms with Crippen LogP contribution in [0.3, 0.4) is 0 Å². The van der Waals surface area contributed by atoms with E-state index in [1.54, 1.807) is 12.1 Å². The van der Waals surface area contributed by atoms with Crippen molar-refractivity contribution >= 4 is 28.9 Å². The first-order valence-electron chi connectivity index (χ1n) is 7.58. The van der Waals surface area contributed by atoms with Crippen LogP contribution in [0.15, 0.2) is 42.5 Å². The van der Waals surface area contributed by atoms with E-state index in [2.05, 4.69) is 5.32 Å². The predicted octanol–water partition coefficient (Wildman–Crippen LogP) is 3.02. The van der Waals surface area contributed by atoms with Gasteiger partial charge in [-0.3, -0.25) is 9.59 Å². The van der Waals surface area contributed by atoms with Crippen molar-refractivity contribution in [1.29, 1.82) is 0 Å². The number of nitrogens with zero attached hydrogens (tertiary/aromatic N) is 2. The van der Waals surface area contributed by atoms with E-state index < -0.39 is 17.5 Å². The summed E-state index contributed by atoms with van der Waals surface area (Å²) in [5.74, 6) is -2.87. The highest BCUT2D eigenvalue weighted by Crippen LogP contribution is 2.20. The molecule has 2 aromatic carbocycles. The highest BCUT2D eigenvalue weighted by Gasteiger charge is 2.16. The Hall–Kier alpha value is -2.96. The normalized spacial score (nSPS) is 10.3. The van der Waals surface area contributed by atoms with Crippen LogP contribution in [-0.4, -0.2) is 32.5 Å². The van der Waals surface area contributed by atoms with Gasteiger partial charge in [0.25, 0.3) is 0 Å². The molecule has 7 heteroatoms. The molecule has 0 unspecified atom stereocenters. The summed E-state index contributed by atoms with van der Waals surface area (Å²) in [5, 5.41) is 2.45. The highest BCUT2D eigenvalue weighted by atomic mass is 19.2. The summed E-state index contributed by atoms with van der Waals surface area (Å²) in [6.07, 6.45) is 0. The van der Waals surface area contributed by atoms with Gasteiger partial charge < -0.3 is 15.1 Å². The van der Waals surface area contributed by atoms with Crippen molar-refractivity contribution in [3.8, 4) is 0 Å². The first kappa shape index (κ1) is 18.4. The van der Waals surface area contributed by atoms with Crippen molar-refractivity contribution in [3.63, 3.8) is 0 Å². The van der Waals surface area contributed by atoms with Crippen LogP contribution in [0, 0.1) is 11.6 Å². The van der Waals surface area contributed by atoms with Gasteiger partial charge in [-0.05, 0) is 36.4 Å². The van der Waals surface area contributed by atoms with Gasteiger partial charge in [-0.15, -0.1) is 0 Å². The molecular weight excluding hydrogens is 328 g/mol. The first-order chi connectivity index (χ1) is 11.8. The van der Waals surface area contributed by atoms with Crippen molar-refractivity contribution < 1.29 is 18.4 Å². The first-order valence-corrected chi connectivity index (χ1v) is 7.58. The molecule has 2 rings (SSSR count). The predicted molar refractivity (Wildman–Crippen MR) is 93.8 cm³/mol. The number of hydrogen-bond donors (Lipinski definition) is 1. The molecule has 2 amide bonds. The van der Waals surface area contributed by atoms with Gasteiger partial charge >= 0.3 is 0 Å². The van der Waals surface area contributed by atoms with Gasteiger partial charge in [0.15, 0.2) is 11.6 Å². The largest absolute Gasteiger partial charge is 0.378 e. The minimum absolute atomic E-state index is 0.121. The number of rotatable bonds is 5. The fraction of sp³-hybridized carbons (Fsp3) is 0.222. The number of halogens is 2. The number of amides is 2. The molecule has 0 aliphatic rings. The monoisotopic (exact) mass is 347 g/mol. The Labute approximate surface area is 144 Å². The third kappa shape index (κ3) is 4.76. The number of benzene rings is 2. The average molecular weight is 347 g/mol. The molecule has 0 saturated heterocycles. The maximum Gasteiger partial charge on any atom is 0.244 e. The Bertz CT molecular complexity index is 776. The summed E-state index contributed by atoms with van der Waals surface area (Å²) in [5.41, 5.74) is 1.65. The lowest BCUT2D eigenvalue weighted by atomic mass is 10.2. The van der Waals surface area contributed by atoms with Crippen LogP contribution in [0.4, 0.5) is 25.8 Å². The number of hydrogen-bond acceptors (Lipinski definition) is 3. The third-order valence-electron chi connectivity index (χ3n) is 3.56. The Morgan fingerprint density at radius 2 is 1.56 bits per heavy atom. The van der Waals surface area contributed by atoms with E-state index in [9.17, 15) is 18.4 Å². The fourth-order valence-corrected chi connectivity index (χ4v) is 2.23. The molecule has 0 radical (unpaired) electrons. The molecule has 1 N–H and O–H groups in total. The smallest absolute Gasteiger partial charge is 0.244 e. The molecule has 0 aliphatic heterocycles. The van der Waals surface area contributed by atoms with Gasteiger partial charge in [0, 0.05) is 44.1 Å². The van der Waals surface area contributed by atoms with Crippen LogP contribution in [-0.2, 0) is 9.59 Å². The zero-order valence-corrected chi connectivity index (χ0v) is 14.2. The maximum atomic E-state index is 13.2. The van der Waals surface area contributed by atoms with E-state index in [0.29, 0.717) is 5.69 Å². The van der Waals surface area contributed by atoms with E-state index >= 15 is 0 Å². The van der Waals surface area contributed by atoms with E-state index in [1.165, 1.54) is 17.9 Å². The molecule has 0 aromatic heterocycles. The van der Waals surface area contributed by atoms with Gasteiger partial charge in [0.1, 0.15) is 6.54 Å². The van der Waals surface area contributed by atoms with E-state index in [-0.39, 0.29) is 18.1 Å². The topological polar surface area (TPSA) is 52.7 Å². The standard InChI is InChI=1S/C18H19F2N3O2/c1-12(24)23(15-7-5-14(6-8-15)22(2)3)11-18(25)21-13-4-9-16(19)17(20)10-13/h4-10H,11H2,1-3H3,(H,21,25). The molecular formula is C18H19F2N3O2. The van der Waals surface area contributed by atoms with Gasteiger partial charge in [-0.2, -0.15) is 0 Å². The third-order valence-corrected chi connectivity index (χ3v) is 3.56. The Morgan fingerprint density at radius 1 is 0.960 bits per heavy atom. The van der Waals surface area contributed by atoms with Crippen LogP contribution in [0.5, 0.6) is 0 Å². The molecule has 132 valence electrons. The fourth-order valence-electron chi connectivity index (χ4n) is 2.23. The van der Waals surface area contributed by atoms with Gasteiger partial charge in [0.2, 0.25) is 11.8 Å². The van der Waals surface area contributed by atoms with Crippen LogP contribution < -0.4 is 15.1 Å². The SMILES string of the molecule is CC(=O)N(CC(=O)Nc1ccc(F)c(F)c1)c1ccc(N(C)C)cc1. The molecule has 2 aromatic rings.